The van der Waals surface area contributed by atoms with Gasteiger partial charge in [0.2, 0.25) is 5.91 Å². The molecule has 75 heavy (non-hydrogen) atoms. The fourth-order valence-corrected chi connectivity index (χ4v) is 9.41. The lowest BCUT2D eigenvalue weighted by Crippen LogP contribution is -2.63. The molecule has 6 N–H and O–H groups in total. The molecule has 23 heteroatoms. The summed E-state index contributed by atoms with van der Waals surface area (Å²) in [4.78, 5) is 69.8. The number of fused-ring (bicyclic) bond motifs is 2. The second-order valence-corrected chi connectivity index (χ2v) is 20.6. The molecule has 6 atom stereocenters. The van der Waals surface area contributed by atoms with E-state index in [9.17, 15) is 42.6 Å². The first kappa shape index (κ1) is 55.7. The third-order valence-corrected chi connectivity index (χ3v) is 13.8. The highest BCUT2D eigenvalue weighted by molar-refractivity contribution is 5.87. The third-order valence-electron chi connectivity index (χ3n) is 13.8. The van der Waals surface area contributed by atoms with E-state index in [1.54, 1.807) is 51.2 Å². The van der Waals surface area contributed by atoms with Crippen LogP contribution in [-0.4, -0.2) is 148 Å². The summed E-state index contributed by atoms with van der Waals surface area (Å²) in [6, 6.07) is 8.37. The Balaban J connectivity index is 1.15. The molecule has 0 spiro atoms. The van der Waals surface area contributed by atoms with Gasteiger partial charge in [0.25, 0.3) is 5.91 Å². The summed E-state index contributed by atoms with van der Waals surface area (Å²) in [5, 5.41) is 29.1. The van der Waals surface area contributed by atoms with Crippen LogP contribution in [0.2, 0.25) is 0 Å². The molecular weight excluding hydrogens is 988 g/mol. The Morgan fingerprint density at radius 1 is 0.840 bits per heavy atom. The van der Waals surface area contributed by atoms with Crippen LogP contribution in [0.5, 0.6) is 0 Å². The fourth-order valence-electron chi connectivity index (χ4n) is 9.41. The zero-order chi connectivity index (χ0) is 54.4. The summed E-state index contributed by atoms with van der Waals surface area (Å²) >= 11 is 0. The van der Waals surface area contributed by atoms with E-state index in [0.29, 0.717) is 48.7 Å². The molecule has 3 saturated heterocycles. The van der Waals surface area contributed by atoms with Crippen LogP contribution in [0.4, 0.5) is 37.4 Å². The minimum Gasteiger partial charge on any atom is -0.465 e. The van der Waals surface area contributed by atoms with Crippen LogP contribution in [-0.2, 0) is 32.0 Å². The molecule has 3 aliphatic rings. The second kappa shape index (κ2) is 23.3. The molecule has 2 aromatic carbocycles. The molecule has 2 bridgehead atoms. The van der Waals surface area contributed by atoms with E-state index in [1.807, 2.05) is 17.4 Å². The zero-order valence-corrected chi connectivity index (χ0v) is 42.3. The number of nitrogens with one attached hydrogen (secondary N) is 4. The van der Waals surface area contributed by atoms with Crippen molar-refractivity contribution in [2.45, 2.75) is 109 Å². The van der Waals surface area contributed by atoms with Gasteiger partial charge in [0.15, 0.2) is 0 Å². The number of piperazine rings is 1. The number of aliphatic hydroxyl groups excluding tert-OH is 1. The van der Waals surface area contributed by atoms with Crippen LogP contribution in [0.25, 0.3) is 11.3 Å². The smallest absolute Gasteiger partial charge is 0.407 e. The van der Waals surface area contributed by atoms with E-state index in [2.05, 4.69) is 52.4 Å². The number of carbonyl (C=O) groups is 4. The number of anilines is 1. The molecular formula is C52H61F5N10O8. The van der Waals surface area contributed by atoms with Crippen LogP contribution >= 0.6 is 0 Å². The molecule has 0 saturated carbocycles. The topological polar surface area (TPSA) is 224 Å². The number of nitrogens with zero attached hydrogens (tertiary/aromatic N) is 6. The van der Waals surface area contributed by atoms with Crippen molar-refractivity contribution in [1.82, 2.24) is 46.2 Å². The number of hydrogen-bond acceptors (Lipinski definition) is 13. The highest BCUT2D eigenvalue weighted by Gasteiger charge is 2.56. The molecule has 402 valence electrons. The third kappa shape index (κ3) is 13.7. The molecule has 3 fully saturated rings. The maximum atomic E-state index is 15.9. The number of ether oxygens (including phenoxy) is 2. The summed E-state index contributed by atoms with van der Waals surface area (Å²) in [6.45, 7) is 7.78. The van der Waals surface area contributed by atoms with Gasteiger partial charge in [0.1, 0.15) is 29.5 Å². The van der Waals surface area contributed by atoms with Gasteiger partial charge in [0.05, 0.1) is 55.8 Å². The van der Waals surface area contributed by atoms with Crippen LogP contribution in [0, 0.1) is 34.3 Å². The second-order valence-electron chi connectivity index (χ2n) is 20.6. The van der Waals surface area contributed by atoms with Gasteiger partial charge in [-0.05, 0) is 80.5 Å². The molecule has 5 heterocycles. The normalized spacial score (nSPS) is 18.7. The fraction of sp³-hybridized carbons (Fsp3) is 0.481. The molecule has 4 amide bonds. The number of alkyl carbamates (subject to hydrolysis) is 1. The summed E-state index contributed by atoms with van der Waals surface area (Å²) in [5.41, 5.74) is -0.380. The number of hydrazine groups is 1. The van der Waals surface area contributed by atoms with Crippen molar-refractivity contribution in [2.24, 2.45) is 10.8 Å². The first-order valence-corrected chi connectivity index (χ1v) is 24.3. The van der Waals surface area contributed by atoms with Crippen LogP contribution in [0.15, 0.2) is 73.3 Å². The maximum Gasteiger partial charge on any atom is 0.407 e. The van der Waals surface area contributed by atoms with E-state index < -0.39 is 95.5 Å². The van der Waals surface area contributed by atoms with Gasteiger partial charge in [-0.15, -0.1) is 0 Å². The van der Waals surface area contributed by atoms with Crippen molar-refractivity contribution >= 4 is 29.8 Å². The van der Waals surface area contributed by atoms with Crippen molar-refractivity contribution < 1.29 is 60.8 Å². The average Bonchev–Trinajstić information content (AvgIpc) is 3.57. The molecule has 2 unspecified atom stereocenters. The SMILES string of the molecule is COC(=O)N[C@H](C(=O)N[C@@H](Cc1ccc(C#Cc2ccc(N3CC4CCC(C3)N4C3COC3)nc2)cc1)[C@@H](O)CN(Cc1c(F)cc(-c2cnccn2)cc1F)NC(=O)[C@@H](NC(=O)O)C(C)(C)C)C(C)(C)C(F)(F)F. The number of rotatable bonds is 17. The van der Waals surface area contributed by atoms with Gasteiger partial charge in [-0.25, -0.2) is 28.4 Å². The predicted molar refractivity (Wildman–Crippen MR) is 263 cm³/mol. The monoisotopic (exact) mass is 1050 g/mol. The molecule has 18 nitrogen and oxygen atoms in total. The number of pyridine rings is 1. The van der Waals surface area contributed by atoms with E-state index in [4.69, 9.17) is 9.72 Å². The quantitative estimate of drug-likeness (QED) is 0.0456. The van der Waals surface area contributed by atoms with E-state index in [1.165, 1.54) is 18.6 Å². The zero-order valence-electron chi connectivity index (χ0n) is 42.3. The Morgan fingerprint density at radius 2 is 1.48 bits per heavy atom. The summed E-state index contributed by atoms with van der Waals surface area (Å²) in [6.07, 6.45) is -2.20. The molecule has 0 radical (unpaired) electrons. The lowest BCUT2D eigenvalue weighted by atomic mass is 9.82. The Bertz CT molecular complexity index is 2700. The van der Waals surface area contributed by atoms with Crippen molar-refractivity contribution in [3.8, 4) is 23.1 Å². The van der Waals surface area contributed by atoms with Gasteiger partial charge >= 0.3 is 18.4 Å². The molecule has 2 aromatic heterocycles. The Morgan fingerprint density at radius 3 is 2.01 bits per heavy atom. The van der Waals surface area contributed by atoms with E-state index >= 15 is 8.78 Å². The number of halogens is 5. The van der Waals surface area contributed by atoms with Crippen molar-refractivity contribution in [3.05, 3.63) is 107 Å². The summed E-state index contributed by atoms with van der Waals surface area (Å²) in [7, 11) is 0.894. The number of carbonyl (C=O) groups excluding carboxylic acids is 3. The molecule has 3 aliphatic heterocycles. The van der Waals surface area contributed by atoms with Gasteiger partial charge in [-0.1, -0.05) is 44.7 Å². The number of aromatic nitrogens is 3. The van der Waals surface area contributed by atoms with E-state index in [0.717, 1.165) is 69.2 Å². The van der Waals surface area contributed by atoms with Gasteiger partial charge < -0.3 is 40.5 Å². The Kier molecular flexibility index (Phi) is 17.3. The highest BCUT2D eigenvalue weighted by atomic mass is 19.4. The van der Waals surface area contributed by atoms with Crippen LogP contribution in [0.3, 0.4) is 0 Å². The minimum absolute atomic E-state index is 0.0188. The first-order valence-electron chi connectivity index (χ1n) is 24.3. The van der Waals surface area contributed by atoms with E-state index in [-0.39, 0.29) is 17.7 Å². The van der Waals surface area contributed by atoms with Gasteiger partial charge in [-0.3, -0.25) is 29.9 Å². The standard InChI is InChI=1S/C52H61F5N10O8/c1-50(2,3)44(62-48(71)72)47(70)64-66(26-37-38(53)20-33(21-39(37)54)41-23-58-17-18-59-41)27-42(68)40(61-46(69)45(63-49(73)74-6)51(4,5)52(55,56)57)19-31-10-7-30(8-11-31)9-12-32-13-16-43(60-22-32)65-24-34-14-15-35(25-65)67(34)36-28-75-29-36/h7-8,10-11,13,16-18,20-23,34-36,40,42,44-45,62,68H,14-15,19,24-29H2,1-6H3,(H,61,69)(H,63,73)(H,64,70)(H,71,72)/t34?,35?,40-,42-,44+,45+/m0/s1. The van der Waals surface area contributed by atoms with Gasteiger partial charge in [-0.2, -0.15) is 13.2 Å². The molecule has 4 aromatic rings. The van der Waals surface area contributed by atoms with Crippen molar-refractivity contribution in [2.75, 3.05) is 44.9 Å². The number of methoxy groups -OCH3 is 1. The first-order chi connectivity index (χ1) is 35.4. The minimum atomic E-state index is -5.06. The number of amides is 4. The van der Waals surface area contributed by atoms with Crippen LogP contribution < -0.4 is 26.3 Å². The summed E-state index contributed by atoms with van der Waals surface area (Å²) in [5.74, 6) is 2.44. The maximum absolute atomic E-state index is 15.9. The highest BCUT2D eigenvalue weighted by Crippen LogP contribution is 2.41. The van der Waals surface area contributed by atoms with Crippen molar-refractivity contribution in [3.63, 3.8) is 0 Å². The Hall–Kier alpha value is -7.00. The summed E-state index contributed by atoms with van der Waals surface area (Å²) < 4.78 is 85.5. The van der Waals surface area contributed by atoms with Crippen LogP contribution in [0.1, 0.15) is 69.7 Å². The number of alkyl halides is 3. The number of carboxylic acid groups (broad SMARTS) is 1. The number of hydrogen-bond donors (Lipinski definition) is 6. The predicted octanol–water partition coefficient (Wildman–Crippen LogP) is 5.19. The average molecular weight is 1050 g/mol. The number of benzene rings is 2. The lowest BCUT2D eigenvalue weighted by molar-refractivity contribution is -0.220. The lowest BCUT2D eigenvalue weighted by Gasteiger charge is -2.47. The largest absolute Gasteiger partial charge is 0.465 e. The molecule has 0 aliphatic carbocycles. The van der Waals surface area contributed by atoms with Gasteiger partial charge in [0, 0.05) is 79.1 Å². The molecule has 7 rings (SSSR count). The number of aliphatic hydroxyl groups is 1. The Labute approximate surface area is 430 Å². The van der Waals surface area contributed by atoms with Crippen molar-refractivity contribution in [1.29, 1.82) is 0 Å².